The summed E-state index contributed by atoms with van der Waals surface area (Å²) in [5.74, 6) is 0. The zero-order valence-electron chi connectivity index (χ0n) is 10.1. The molecule has 0 aromatic carbocycles. The summed E-state index contributed by atoms with van der Waals surface area (Å²) in [6, 6.07) is 0. The maximum Gasteiger partial charge on any atom is 0.151 e. The number of rotatable bonds is 6. The Balaban J connectivity index is -0.0000000402. The minimum atomic E-state index is -1.92. The van der Waals surface area contributed by atoms with Gasteiger partial charge in [0.2, 0.25) is 0 Å². The van der Waals surface area contributed by atoms with Crippen LogP contribution in [0.5, 0.6) is 0 Å². The van der Waals surface area contributed by atoms with Gasteiger partial charge in [0.15, 0.2) is 6.29 Å². The number of hydrogen-bond acceptors (Lipinski definition) is 7. The van der Waals surface area contributed by atoms with E-state index in [9.17, 15) is 4.79 Å². The Morgan fingerprint density at radius 2 is 1.00 bits per heavy atom. The molecular weight excluding hydrogens is 444 g/mol. The maximum absolute atomic E-state index is 10.00. The predicted octanol–water partition coefficient (Wildman–Crippen LogP) is -1.07. The van der Waals surface area contributed by atoms with E-state index in [0.29, 0.717) is 0 Å². The molecule has 0 aliphatic rings. The van der Waals surface area contributed by atoms with Crippen LogP contribution in [0.4, 0.5) is 0 Å². The molecule has 0 aliphatic heterocycles. The van der Waals surface area contributed by atoms with E-state index in [1.807, 2.05) is 0 Å². The van der Waals surface area contributed by atoms with E-state index in [1.54, 1.807) is 0 Å². The molecule has 7 nitrogen and oxygen atoms in total. The Bertz CT molecular complexity index is 193. The molecule has 14 heteroatoms. The normalized spacial score (nSPS) is 14.8. The minimum absolute atomic E-state index is 0. The van der Waals surface area contributed by atoms with Gasteiger partial charge < -0.3 is 35.4 Å². The second-order valence-corrected chi connectivity index (χ2v) is 2.85. The number of aliphatic hydroxyl groups excluding tert-OH is 6. The Morgan fingerprint density at radius 3 is 1.24 bits per heavy atom. The first kappa shape index (κ1) is 49.5. The van der Waals surface area contributed by atoms with Crippen molar-refractivity contribution >= 4 is 93.1 Å². The maximum atomic E-state index is 10.00. The van der Waals surface area contributed by atoms with Crippen LogP contribution in [0.25, 0.3) is 0 Å². The van der Waals surface area contributed by atoms with Crippen LogP contribution in [0.3, 0.4) is 0 Å². The molecule has 0 aromatic heterocycles. The van der Waals surface area contributed by atoms with Crippen molar-refractivity contribution in [2.75, 3.05) is 6.61 Å². The number of carbonyl (C=O) groups excluding carboxylic acids is 1. The summed E-state index contributed by atoms with van der Waals surface area (Å²) in [7, 11) is 0. The summed E-state index contributed by atoms with van der Waals surface area (Å²) >= 11 is 0. The Hall–Kier alpha value is 1.46. The third-order valence-electron chi connectivity index (χ3n) is 1.77. The van der Waals surface area contributed by atoms with Crippen LogP contribution >= 0.6 is 86.8 Å². The molecule has 0 radical (unpaired) electrons. The molecule has 21 heavy (non-hydrogen) atoms. The van der Waals surface area contributed by atoms with Crippen LogP contribution in [0, 0.1) is 0 Å². The molecule has 0 heterocycles. The van der Waals surface area contributed by atoms with Crippen molar-refractivity contribution in [3.8, 4) is 0 Å². The van der Waals surface area contributed by atoms with Gasteiger partial charge in [0.1, 0.15) is 30.5 Å². The van der Waals surface area contributed by atoms with Crippen molar-refractivity contribution in [2.24, 2.45) is 0 Å². The molecule has 0 spiro atoms. The monoisotopic (exact) mass is 462 g/mol. The molecule has 0 bridgehead atoms. The summed E-state index contributed by atoms with van der Waals surface area (Å²) in [6.07, 6.45) is -9.21. The van der Waals surface area contributed by atoms with Gasteiger partial charge in [0.25, 0.3) is 0 Å². The van der Waals surface area contributed by atoms with E-state index >= 15 is 0 Å². The summed E-state index contributed by atoms with van der Waals surface area (Å²) < 4.78 is 0. The molecule has 5 atom stereocenters. The highest BCUT2D eigenvalue weighted by Crippen LogP contribution is 2.07. The van der Waals surface area contributed by atoms with Crippen LogP contribution in [0.2, 0.25) is 0 Å². The third-order valence-corrected chi connectivity index (χ3v) is 1.77. The Labute approximate surface area is 165 Å². The molecular formula is C7H21Cl7O7. The molecule has 0 saturated heterocycles. The number of aliphatic hydroxyl groups is 6. The van der Waals surface area contributed by atoms with Crippen molar-refractivity contribution in [1.82, 2.24) is 0 Å². The smallest absolute Gasteiger partial charge is 0.151 e. The second-order valence-electron chi connectivity index (χ2n) is 2.85. The van der Waals surface area contributed by atoms with E-state index in [1.165, 1.54) is 0 Å². The average molecular weight is 465 g/mol. The predicted molar refractivity (Wildman–Crippen MR) is 93.9 cm³/mol. The Morgan fingerprint density at radius 1 is 0.667 bits per heavy atom. The van der Waals surface area contributed by atoms with Crippen molar-refractivity contribution < 1.29 is 35.4 Å². The van der Waals surface area contributed by atoms with Crippen LogP contribution in [-0.2, 0) is 4.79 Å². The van der Waals surface area contributed by atoms with Gasteiger partial charge in [-0.3, -0.25) is 0 Å². The number of halogens is 7. The van der Waals surface area contributed by atoms with Crippen LogP contribution in [0.15, 0.2) is 0 Å². The largest absolute Gasteiger partial charge is 0.394 e. The number of hydrogen-bond donors (Lipinski definition) is 6. The SMILES string of the molecule is Cl.Cl.Cl.Cl.Cl.Cl.Cl.O=CC(O)C(O)C(O)C(O)C(O)CO. The summed E-state index contributed by atoms with van der Waals surface area (Å²) in [5.41, 5.74) is 0. The average Bonchev–Trinajstić information content (AvgIpc) is 2.23. The summed E-state index contributed by atoms with van der Waals surface area (Å²) in [6.45, 7) is -0.817. The molecule has 0 amide bonds. The van der Waals surface area contributed by atoms with Crippen LogP contribution in [0.1, 0.15) is 0 Å². The van der Waals surface area contributed by atoms with Gasteiger partial charge in [-0.1, -0.05) is 0 Å². The molecule has 0 aromatic rings. The lowest BCUT2D eigenvalue weighted by atomic mass is 10.0. The number of aldehydes is 1. The Kier molecular flexibility index (Phi) is 62.1. The van der Waals surface area contributed by atoms with Crippen molar-refractivity contribution in [3.05, 3.63) is 0 Å². The van der Waals surface area contributed by atoms with Gasteiger partial charge in [-0.2, -0.15) is 0 Å². The first-order chi connectivity index (χ1) is 6.45. The second kappa shape index (κ2) is 26.4. The van der Waals surface area contributed by atoms with Crippen molar-refractivity contribution in [2.45, 2.75) is 30.5 Å². The highest BCUT2D eigenvalue weighted by molar-refractivity contribution is 5.86. The molecule has 0 rings (SSSR count). The molecule has 5 unspecified atom stereocenters. The lowest BCUT2D eigenvalue weighted by molar-refractivity contribution is -0.147. The van der Waals surface area contributed by atoms with Gasteiger partial charge in [0.05, 0.1) is 6.61 Å². The summed E-state index contributed by atoms with van der Waals surface area (Å²) in [4.78, 5) is 10.00. The molecule has 0 fully saturated rings. The number of carbonyl (C=O) groups is 1. The molecule has 6 N–H and O–H groups in total. The fourth-order valence-corrected chi connectivity index (χ4v) is 0.820. The lowest BCUT2D eigenvalue weighted by Gasteiger charge is -2.26. The molecule has 140 valence electrons. The lowest BCUT2D eigenvalue weighted by Crippen LogP contribution is -2.50. The van der Waals surface area contributed by atoms with E-state index in [0.717, 1.165) is 0 Å². The standard InChI is InChI=1S/C7H14O7.7ClH/c8-1-3(10)5(12)7(14)6(13)4(11)2-9;;;;;;;/h1,3-7,9-14H,2H2;7*1H. The van der Waals surface area contributed by atoms with Gasteiger partial charge in [-0.15, -0.1) is 86.8 Å². The minimum Gasteiger partial charge on any atom is -0.394 e. The quantitative estimate of drug-likeness (QED) is 0.275. The van der Waals surface area contributed by atoms with E-state index in [-0.39, 0.29) is 93.1 Å². The summed E-state index contributed by atoms with van der Waals surface area (Å²) in [5, 5.41) is 53.2. The van der Waals surface area contributed by atoms with Gasteiger partial charge in [-0.25, -0.2) is 0 Å². The van der Waals surface area contributed by atoms with Gasteiger partial charge in [-0.05, 0) is 0 Å². The van der Waals surface area contributed by atoms with E-state index in [4.69, 9.17) is 30.6 Å². The van der Waals surface area contributed by atoms with Gasteiger partial charge >= 0.3 is 0 Å². The molecule has 0 aliphatic carbocycles. The molecule has 0 saturated carbocycles. The first-order valence-electron chi connectivity index (χ1n) is 3.92. The fourth-order valence-electron chi connectivity index (χ4n) is 0.820. The topological polar surface area (TPSA) is 138 Å². The first-order valence-corrected chi connectivity index (χ1v) is 3.92. The zero-order chi connectivity index (χ0) is 11.3. The van der Waals surface area contributed by atoms with Gasteiger partial charge in [0, 0.05) is 0 Å². The third kappa shape index (κ3) is 17.6. The van der Waals surface area contributed by atoms with Crippen LogP contribution in [-0.4, -0.2) is 74.1 Å². The fraction of sp³-hybridized carbons (Fsp3) is 0.857. The van der Waals surface area contributed by atoms with Crippen LogP contribution < -0.4 is 0 Å². The van der Waals surface area contributed by atoms with Crippen molar-refractivity contribution in [1.29, 1.82) is 0 Å². The highest BCUT2D eigenvalue weighted by Gasteiger charge is 2.33. The van der Waals surface area contributed by atoms with E-state index in [2.05, 4.69) is 0 Å². The highest BCUT2D eigenvalue weighted by atomic mass is 35.5. The van der Waals surface area contributed by atoms with Crippen molar-refractivity contribution in [3.63, 3.8) is 0 Å². The van der Waals surface area contributed by atoms with E-state index < -0.39 is 37.1 Å². The zero-order valence-corrected chi connectivity index (χ0v) is 15.8.